The lowest BCUT2D eigenvalue weighted by Gasteiger charge is -2.04. The Hall–Kier alpha value is -0.890. The van der Waals surface area contributed by atoms with Gasteiger partial charge in [0.25, 0.3) is 0 Å². The molecule has 0 aromatic carbocycles. The van der Waals surface area contributed by atoms with Crippen LogP contribution in [0.15, 0.2) is 18.2 Å². The highest BCUT2D eigenvalue weighted by Gasteiger charge is 2.35. The molecule has 82 valence electrons. The number of aryl methyl sites for hydroxylation is 1. The Bertz CT molecular complexity index is 322. The van der Waals surface area contributed by atoms with Gasteiger partial charge in [-0.15, -0.1) is 0 Å². The van der Waals surface area contributed by atoms with E-state index in [1.165, 1.54) is 19.3 Å². The Balaban J connectivity index is 1.75. The van der Waals surface area contributed by atoms with Crippen LogP contribution in [0.4, 0.5) is 0 Å². The van der Waals surface area contributed by atoms with Gasteiger partial charge in [-0.3, -0.25) is 4.98 Å². The van der Waals surface area contributed by atoms with E-state index in [-0.39, 0.29) is 0 Å². The van der Waals surface area contributed by atoms with E-state index < -0.39 is 0 Å². The van der Waals surface area contributed by atoms with Crippen molar-refractivity contribution in [1.82, 2.24) is 10.3 Å². The number of rotatable bonds is 5. The molecule has 2 unspecified atom stereocenters. The normalized spacial score (nSPS) is 24.1. The van der Waals surface area contributed by atoms with Gasteiger partial charge in [0.05, 0.1) is 5.69 Å². The fourth-order valence-corrected chi connectivity index (χ4v) is 2.12. The topological polar surface area (TPSA) is 24.9 Å². The van der Waals surface area contributed by atoms with Crippen molar-refractivity contribution < 1.29 is 0 Å². The summed E-state index contributed by atoms with van der Waals surface area (Å²) in [6.07, 6.45) is 4.05. The first-order valence-corrected chi connectivity index (χ1v) is 5.95. The maximum atomic E-state index is 4.48. The molecule has 0 amide bonds. The second kappa shape index (κ2) is 4.75. The largest absolute Gasteiger partial charge is 0.308 e. The second-order valence-corrected chi connectivity index (χ2v) is 4.54. The molecule has 1 fully saturated rings. The van der Waals surface area contributed by atoms with E-state index >= 15 is 0 Å². The predicted molar refractivity (Wildman–Crippen MR) is 62.6 cm³/mol. The zero-order valence-electron chi connectivity index (χ0n) is 9.66. The third kappa shape index (κ3) is 3.03. The molecule has 1 aliphatic carbocycles. The minimum atomic E-state index is 0.757. The zero-order chi connectivity index (χ0) is 10.7. The van der Waals surface area contributed by atoms with Gasteiger partial charge in [-0.1, -0.05) is 19.4 Å². The average Bonchev–Trinajstić information content (AvgIpc) is 2.95. The lowest BCUT2D eigenvalue weighted by molar-refractivity contribution is 0.593. The van der Waals surface area contributed by atoms with Crippen molar-refractivity contribution in [2.45, 2.75) is 45.7 Å². The van der Waals surface area contributed by atoms with Crippen molar-refractivity contribution in [2.24, 2.45) is 5.92 Å². The van der Waals surface area contributed by atoms with Crippen LogP contribution in [0.5, 0.6) is 0 Å². The van der Waals surface area contributed by atoms with Crippen molar-refractivity contribution in [1.29, 1.82) is 0 Å². The number of hydrogen-bond acceptors (Lipinski definition) is 2. The van der Waals surface area contributed by atoms with Crippen molar-refractivity contribution in [3.05, 3.63) is 29.6 Å². The standard InChI is InChI=1S/C13H20N2/c1-3-5-11-8-13(11)14-9-12-7-4-6-10(2)15-12/h4,6-7,11,13-14H,3,5,8-9H2,1-2H3. The van der Waals surface area contributed by atoms with Gasteiger partial charge in [0.1, 0.15) is 0 Å². The summed E-state index contributed by atoms with van der Waals surface area (Å²) in [6.45, 7) is 5.23. The van der Waals surface area contributed by atoms with Gasteiger partial charge in [-0.05, 0) is 37.8 Å². The average molecular weight is 204 g/mol. The molecule has 2 heteroatoms. The summed E-state index contributed by atoms with van der Waals surface area (Å²) < 4.78 is 0. The summed E-state index contributed by atoms with van der Waals surface area (Å²) in [5.74, 6) is 0.930. The summed E-state index contributed by atoms with van der Waals surface area (Å²) >= 11 is 0. The van der Waals surface area contributed by atoms with E-state index in [4.69, 9.17) is 0 Å². The van der Waals surface area contributed by atoms with Crippen LogP contribution < -0.4 is 5.32 Å². The van der Waals surface area contributed by atoms with Crippen molar-refractivity contribution >= 4 is 0 Å². The van der Waals surface area contributed by atoms with E-state index in [0.29, 0.717) is 0 Å². The number of pyridine rings is 1. The van der Waals surface area contributed by atoms with E-state index in [0.717, 1.165) is 29.9 Å². The SMILES string of the molecule is CCCC1CC1NCc1cccc(C)n1. The van der Waals surface area contributed by atoms with Crippen LogP contribution in [-0.2, 0) is 6.54 Å². The van der Waals surface area contributed by atoms with Gasteiger partial charge >= 0.3 is 0 Å². The Morgan fingerprint density at radius 1 is 1.47 bits per heavy atom. The highest BCUT2D eigenvalue weighted by molar-refractivity contribution is 5.10. The zero-order valence-corrected chi connectivity index (χ0v) is 9.66. The maximum absolute atomic E-state index is 4.48. The number of nitrogens with zero attached hydrogens (tertiary/aromatic N) is 1. The lowest BCUT2D eigenvalue weighted by atomic mass is 10.2. The molecule has 1 heterocycles. The van der Waals surface area contributed by atoms with Gasteiger partial charge in [-0.2, -0.15) is 0 Å². The molecule has 1 aromatic heterocycles. The molecular formula is C13H20N2. The number of nitrogens with one attached hydrogen (secondary N) is 1. The molecule has 0 radical (unpaired) electrons. The molecule has 2 nitrogen and oxygen atoms in total. The molecule has 1 aromatic rings. The van der Waals surface area contributed by atoms with Gasteiger partial charge in [0.15, 0.2) is 0 Å². The molecule has 15 heavy (non-hydrogen) atoms. The Morgan fingerprint density at radius 3 is 3.07 bits per heavy atom. The Kier molecular flexibility index (Phi) is 3.37. The van der Waals surface area contributed by atoms with Gasteiger partial charge in [0.2, 0.25) is 0 Å². The monoisotopic (exact) mass is 204 g/mol. The van der Waals surface area contributed by atoms with E-state index in [9.17, 15) is 0 Å². The minimum Gasteiger partial charge on any atom is -0.308 e. The summed E-state index contributed by atoms with van der Waals surface area (Å²) in [7, 11) is 0. The van der Waals surface area contributed by atoms with Crippen molar-refractivity contribution in [3.8, 4) is 0 Å². The smallest absolute Gasteiger partial charge is 0.0544 e. The Morgan fingerprint density at radius 2 is 2.33 bits per heavy atom. The molecule has 0 saturated heterocycles. The Labute approximate surface area is 92.1 Å². The van der Waals surface area contributed by atoms with Crippen LogP contribution in [0, 0.1) is 12.8 Å². The minimum absolute atomic E-state index is 0.757. The molecule has 1 aliphatic rings. The fraction of sp³-hybridized carbons (Fsp3) is 0.615. The van der Waals surface area contributed by atoms with Gasteiger partial charge < -0.3 is 5.32 Å². The molecule has 0 spiro atoms. The van der Waals surface area contributed by atoms with E-state index in [1.54, 1.807) is 0 Å². The molecule has 1 N–H and O–H groups in total. The van der Waals surface area contributed by atoms with E-state index in [1.807, 2.05) is 13.0 Å². The van der Waals surface area contributed by atoms with Crippen LogP contribution in [0.3, 0.4) is 0 Å². The quantitative estimate of drug-likeness (QED) is 0.797. The predicted octanol–water partition coefficient (Wildman–Crippen LogP) is 2.67. The third-order valence-corrected chi connectivity index (χ3v) is 3.07. The number of hydrogen-bond donors (Lipinski definition) is 1. The first-order chi connectivity index (χ1) is 7.29. The van der Waals surface area contributed by atoms with Crippen LogP contribution in [0.1, 0.15) is 37.6 Å². The van der Waals surface area contributed by atoms with Crippen LogP contribution in [0.25, 0.3) is 0 Å². The first-order valence-electron chi connectivity index (χ1n) is 5.95. The first kappa shape index (κ1) is 10.6. The molecule has 2 rings (SSSR count). The highest BCUT2D eigenvalue weighted by Crippen LogP contribution is 2.34. The summed E-state index contributed by atoms with van der Waals surface area (Å²) in [4.78, 5) is 4.48. The highest BCUT2D eigenvalue weighted by atomic mass is 15.0. The molecule has 0 bridgehead atoms. The van der Waals surface area contributed by atoms with Gasteiger partial charge in [-0.25, -0.2) is 0 Å². The van der Waals surface area contributed by atoms with Crippen molar-refractivity contribution in [2.75, 3.05) is 0 Å². The molecule has 2 atom stereocenters. The summed E-state index contributed by atoms with van der Waals surface area (Å²) in [6, 6.07) is 6.97. The molecule has 1 saturated carbocycles. The van der Waals surface area contributed by atoms with E-state index in [2.05, 4.69) is 29.4 Å². The maximum Gasteiger partial charge on any atom is 0.0544 e. The fourth-order valence-electron chi connectivity index (χ4n) is 2.12. The van der Waals surface area contributed by atoms with Crippen LogP contribution >= 0.6 is 0 Å². The molecule has 0 aliphatic heterocycles. The summed E-state index contributed by atoms with van der Waals surface area (Å²) in [5.41, 5.74) is 2.27. The third-order valence-electron chi connectivity index (χ3n) is 3.07. The van der Waals surface area contributed by atoms with Crippen LogP contribution in [0.2, 0.25) is 0 Å². The number of aromatic nitrogens is 1. The lowest BCUT2D eigenvalue weighted by Crippen LogP contribution is -2.18. The van der Waals surface area contributed by atoms with Crippen molar-refractivity contribution in [3.63, 3.8) is 0 Å². The van der Waals surface area contributed by atoms with Gasteiger partial charge in [0, 0.05) is 18.3 Å². The summed E-state index contributed by atoms with van der Waals surface area (Å²) in [5, 5.41) is 3.57. The van der Waals surface area contributed by atoms with Crippen LogP contribution in [-0.4, -0.2) is 11.0 Å². The molecular weight excluding hydrogens is 184 g/mol. The second-order valence-electron chi connectivity index (χ2n) is 4.54.